The minimum atomic E-state index is -0.229. The van der Waals surface area contributed by atoms with Gasteiger partial charge in [0, 0.05) is 12.1 Å². The van der Waals surface area contributed by atoms with Crippen LogP contribution in [0.4, 0.5) is 5.69 Å². The summed E-state index contributed by atoms with van der Waals surface area (Å²) in [5.74, 6) is 4.00. The molecule has 0 radical (unpaired) electrons. The van der Waals surface area contributed by atoms with Gasteiger partial charge in [-0.2, -0.15) is 0 Å². The number of hydrogen-bond donors (Lipinski definition) is 3. The van der Waals surface area contributed by atoms with Crippen LogP contribution < -0.4 is 10.1 Å². The van der Waals surface area contributed by atoms with Crippen LogP contribution in [0.15, 0.2) is 24.3 Å². The lowest BCUT2D eigenvalue weighted by molar-refractivity contribution is -0.174. The second-order valence-corrected chi connectivity index (χ2v) is 13.2. The third-order valence-electron chi connectivity index (χ3n) is 11.6. The molecule has 1 amide bonds. The molecule has 0 aliphatic heterocycles. The summed E-state index contributed by atoms with van der Waals surface area (Å²) < 4.78 is 5.20. The van der Waals surface area contributed by atoms with Crippen molar-refractivity contribution < 1.29 is 19.7 Å². The number of aliphatic hydroxyl groups is 2. The molecule has 3 N–H and O–H groups in total. The van der Waals surface area contributed by atoms with Crippen LogP contribution in [0.5, 0.6) is 5.75 Å². The summed E-state index contributed by atoms with van der Waals surface area (Å²) in [6.07, 6.45) is 9.69. The maximum atomic E-state index is 12.7. The molecule has 4 fully saturated rings. The van der Waals surface area contributed by atoms with Crippen molar-refractivity contribution in [3.8, 4) is 5.75 Å². The maximum Gasteiger partial charge on any atom is 0.224 e. The molecular weight excluding hydrogens is 450 g/mol. The predicted molar refractivity (Wildman–Crippen MR) is 143 cm³/mol. The highest BCUT2D eigenvalue weighted by Gasteiger charge is 2.62. The fourth-order valence-electron chi connectivity index (χ4n) is 9.63. The first kappa shape index (κ1) is 26.0. The van der Waals surface area contributed by atoms with E-state index in [9.17, 15) is 15.0 Å². The number of methoxy groups -OCH3 is 1. The van der Waals surface area contributed by atoms with Gasteiger partial charge in [0.15, 0.2) is 0 Å². The van der Waals surface area contributed by atoms with E-state index in [1.807, 2.05) is 24.3 Å². The number of anilines is 1. The molecule has 4 aliphatic carbocycles. The fraction of sp³-hybridized carbons (Fsp3) is 0.774. The van der Waals surface area contributed by atoms with Crippen LogP contribution in [0.3, 0.4) is 0 Å². The van der Waals surface area contributed by atoms with E-state index in [-0.39, 0.29) is 28.9 Å². The summed E-state index contributed by atoms with van der Waals surface area (Å²) >= 11 is 0. The summed E-state index contributed by atoms with van der Waals surface area (Å²) in [5, 5.41) is 24.8. The zero-order chi connectivity index (χ0) is 25.7. The van der Waals surface area contributed by atoms with Crippen molar-refractivity contribution in [1.82, 2.24) is 0 Å². The standard InChI is InChI=1S/C31H47NO4/c1-19(5-12-28(35)32-21-6-8-23(36-4)9-7-21)24-10-11-25-29-26(14-16-31(24,25)3)30(2)15-13-22(33)17-20(30)18-27(29)34/h6-9,19-20,22,24-27,29,33-34H,5,10-18H2,1-4H3,(H,32,35)/t19-,20-,22-,24+,25-,26-,27+,29+,30+,31-/m1/s1. The predicted octanol–water partition coefficient (Wildman–Crippen LogP) is 6.04. The lowest BCUT2D eigenvalue weighted by atomic mass is 9.43. The number of rotatable bonds is 6. The molecule has 0 saturated heterocycles. The van der Waals surface area contributed by atoms with Gasteiger partial charge in [-0.3, -0.25) is 4.79 Å². The summed E-state index contributed by atoms with van der Waals surface area (Å²) in [5.41, 5.74) is 1.34. The summed E-state index contributed by atoms with van der Waals surface area (Å²) in [6.45, 7) is 7.33. The second kappa shape index (κ2) is 9.94. The van der Waals surface area contributed by atoms with Crippen LogP contribution in [-0.2, 0) is 4.79 Å². The number of aliphatic hydroxyl groups excluding tert-OH is 2. The molecule has 0 unspecified atom stereocenters. The Bertz CT molecular complexity index is 933. The van der Waals surface area contributed by atoms with Crippen molar-refractivity contribution in [3.05, 3.63) is 24.3 Å². The van der Waals surface area contributed by atoms with Gasteiger partial charge in [0.1, 0.15) is 5.75 Å². The number of fused-ring (bicyclic) bond motifs is 5. The van der Waals surface area contributed by atoms with Gasteiger partial charge >= 0.3 is 0 Å². The fourth-order valence-corrected chi connectivity index (χ4v) is 9.63. The molecule has 4 saturated carbocycles. The zero-order valence-electron chi connectivity index (χ0n) is 22.7. The number of nitrogens with one attached hydrogen (secondary N) is 1. The molecule has 5 heteroatoms. The Morgan fingerprint density at radius 1 is 1.03 bits per heavy atom. The highest BCUT2D eigenvalue weighted by atomic mass is 16.5. The van der Waals surface area contributed by atoms with Gasteiger partial charge < -0.3 is 20.3 Å². The molecule has 0 spiro atoms. The molecule has 5 nitrogen and oxygen atoms in total. The Morgan fingerprint density at radius 2 is 1.72 bits per heavy atom. The Kier molecular flexibility index (Phi) is 7.19. The Balaban J connectivity index is 1.22. The highest BCUT2D eigenvalue weighted by molar-refractivity contribution is 5.90. The van der Waals surface area contributed by atoms with Crippen LogP contribution in [0.2, 0.25) is 0 Å². The van der Waals surface area contributed by atoms with Gasteiger partial charge in [0.25, 0.3) is 0 Å². The Labute approximate surface area is 217 Å². The molecule has 10 atom stereocenters. The van der Waals surface area contributed by atoms with Gasteiger partial charge in [-0.15, -0.1) is 0 Å². The number of amides is 1. The number of hydrogen-bond acceptors (Lipinski definition) is 4. The van der Waals surface area contributed by atoms with Gasteiger partial charge in [-0.05, 0) is 128 Å². The quantitative estimate of drug-likeness (QED) is 0.448. The topological polar surface area (TPSA) is 78.8 Å². The minimum Gasteiger partial charge on any atom is -0.497 e. The van der Waals surface area contributed by atoms with E-state index >= 15 is 0 Å². The van der Waals surface area contributed by atoms with Gasteiger partial charge in [-0.1, -0.05) is 20.8 Å². The van der Waals surface area contributed by atoms with E-state index in [1.165, 1.54) is 25.7 Å². The van der Waals surface area contributed by atoms with E-state index in [0.29, 0.717) is 41.9 Å². The largest absolute Gasteiger partial charge is 0.497 e. The zero-order valence-corrected chi connectivity index (χ0v) is 22.7. The first-order valence-electron chi connectivity index (χ1n) is 14.5. The lowest BCUT2D eigenvalue weighted by Crippen LogP contribution is -2.58. The van der Waals surface area contributed by atoms with Gasteiger partial charge in [0.2, 0.25) is 5.91 Å². The van der Waals surface area contributed by atoms with Crippen molar-refractivity contribution >= 4 is 11.6 Å². The number of carbonyl (C=O) groups is 1. The van der Waals surface area contributed by atoms with Crippen LogP contribution in [0, 0.1) is 46.3 Å². The smallest absolute Gasteiger partial charge is 0.224 e. The third-order valence-corrected chi connectivity index (χ3v) is 11.6. The molecule has 1 aromatic carbocycles. The second-order valence-electron chi connectivity index (χ2n) is 13.2. The Hall–Kier alpha value is -1.59. The SMILES string of the molecule is COc1ccc(NC(=O)CC[C@@H](C)[C@@H]2CC[C@@H]3[C@H]4[C@@H](CC[C@@]32C)[C@@]2(C)CC[C@@H](O)C[C@@H]2C[C@@H]4O)cc1. The average Bonchev–Trinajstić information content (AvgIpc) is 3.21. The molecule has 200 valence electrons. The third kappa shape index (κ3) is 4.49. The molecule has 4 aliphatic rings. The van der Waals surface area contributed by atoms with Crippen molar-refractivity contribution in [2.45, 2.75) is 97.2 Å². The number of carbonyl (C=O) groups excluding carboxylic acids is 1. The Morgan fingerprint density at radius 3 is 2.44 bits per heavy atom. The van der Waals surface area contributed by atoms with E-state index in [0.717, 1.165) is 43.5 Å². The van der Waals surface area contributed by atoms with Crippen molar-refractivity contribution in [2.75, 3.05) is 12.4 Å². The molecular formula is C31H47NO4. The van der Waals surface area contributed by atoms with Crippen molar-refractivity contribution in [1.29, 1.82) is 0 Å². The molecule has 5 rings (SSSR count). The monoisotopic (exact) mass is 497 g/mol. The summed E-state index contributed by atoms with van der Waals surface area (Å²) in [7, 11) is 1.64. The van der Waals surface area contributed by atoms with E-state index < -0.39 is 0 Å². The van der Waals surface area contributed by atoms with Crippen molar-refractivity contribution in [3.63, 3.8) is 0 Å². The van der Waals surface area contributed by atoms with E-state index in [4.69, 9.17) is 4.74 Å². The van der Waals surface area contributed by atoms with Crippen molar-refractivity contribution in [2.24, 2.45) is 46.3 Å². The van der Waals surface area contributed by atoms with Crippen LogP contribution in [0.1, 0.15) is 85.0 Å². The van der Waals surface area contributed by atoms with Crippen LogP contribution >= 0.6 is 0 Å². The number of benzene rings is 1. The van der Waals surface area contributed by atoms with Gasteiger partial charge in [-0.25, -0.2) is 0 Å². The summed E-state index contributed by atoms with van der Waals surface area (Å²) in [4.78, 5) is 12.7. The molecule has 0 bridgehead atoms. The molecule has 1 aromatic rings. The first-order valence-corrected chi connectivity index (χ1v) is 14.5. The maximum absolute atomic E-state index is 12.7. The lowest BCUT2D eigenvalue weighted by Gasteiger charge is -2.62. The summed E-state index contributed by atoms with van der Waals surface area (Å²) in [6, 6.07) is 7.50. The number of ether oxygens (including phenoxy) is 1. The van der Waals surface area contributed by atoms with Gasteiger partial charge in [0.05, 0.1) is 19.3 Å². The first-order chi connectivity index (χ1) is 17.2. The molecule has 0 heterocycles. The molecule has 0 aromatic heterocycles. The minimum absolute atomic E-state index is 0.0802. The molecule has 36 heavy (non-hydrogen) atoms. The normalized spacial score (nSPS) is 42.6. The average molecular weight is 498 g/mol. The highest BCUT2D eigenvalue weighted by Crippen LogP contribution is 2.68. The van der Waals surface area contributed by atoms with Crippen LogP contribution in [0.25, 0.3) is 0 Å². The van der Waals surface area contributed by atoms with E-state index in [2.05, 4.69) is 26.1 Å². The van der Waals surface area contributed by atoms with Crippen LogP contribution in [-0.4, -0.2) is 35.4 Å². The van der Waals surface area contributed by atoms with E-state index in [1.54, 1.807) is 7.11 Å².